The molecule has 0 fully saturated rings. The first-order chi connectivity index (χ1) is 9.36. The number of thiazole rings is 1. The highest BCUT2D eigenvalue weighted by Crippen LogP contribution is 2.30. The van der Waals surface area contributed by atoms with Crippen LogP contribution in [0.3, 0.4) is 0 Å². The Labute approximate surface area is 115 Å². The fourth-order valence-corrected chi connectivity index (χ4v) is 2.78. The molecule has 0 saturated carbocycles. The molecule has 98 valence electrons. The number of hydrogen-bond donors (Lipinski definition) is 1. The third-order valence-corrected chi connectivity index (χ3v) is 3.85. The van der Waals surface area contributed by atoms with Crippen LogP contribution >= 0.6 is 11.3 Å². The van der Waals surface area contributed by atoms with Crippen LogP contribution in [0.2, 0.25) is 0 Å². The van der Waals surface area contributed by atoms with Crippen LogP contribution in [0, 0.1) is 0 Å². The first kappa shape index (κ1) is 12.3. The van der Waals surface area contributed by atoms with Gasteiger partial charge in [0.25, 0.3) is 0 Å². The molecule has 2 heterocycles. The van der Waals surface area contributed by atoms with Gasteiger partial charge in [-0.2, -0.15) is 0 Å². The average molecular weight is 273 g/mol. The molecule has 3 aromatic rings. The summed E-state index contributed by atoms with van der Waals surface area (Å²) in [6, 6.07) is 10.0. The molecule has 0 amide bonds. The maximum absolute atomic E-state index is 5.37. The van der Waals surface area contributed by atoms with Crippen molar-refractivity contribution in [3.63, 3.8) is 0 Å². The fraction of sp³-hybridized carbons (Fsp3) is 0.286. The Morgan fingerprint density at radius 3 is 3.05 bits per heavy atom. The van der Waals surface area contributed by atoms with Crippen LogP contribution in [-0.2, 0) is 6.54 Å². The van der Waals surface area contributed by atoms with Gasteiger partial charge < -0.3 is 9.84 Å². The van der Waals surface area contributed by atoms with Crippen molar-refractivity contribution in [3.05, 3.63) is 36.0 Å². The van der Waals surface area contributed by atoms with Gasteiger partial charge in [0.15, 0.2) is 10.8 Å². The normalized spacial score (nSPS) is 11.2. The Hall–Kier alpha value is -1.72. The minimum atomic E-state index is 0.738. The summed E-state index contributed by atoms with van der Waals surface area (Å²) in [5.74, 6) is 0.745. The Kier molecular flexibility index (Phi) is 3.57. The van der Waals surface area contributed by atoms with Crippen molar-refractivity contribution in [3.8, 4) is 10.8 Å². The molecule has 0 saturated heterocycles. The molecular weight excluding hydrogens is 258 g/mol. The fourth-order valence-electron chi connectivity index (χ4n) is 1.87. The Bertz CT molecular complexity index is 641. The lowest BCUT2D eigenvalue weighted by Gasteiger charge is -1.96. The molecule has 0 aliphatic carbocycles. The van der Waals surface area contributed by atoms with Gasteiger partial charge in [0.2, 0.25) is 0 Å². The van der Waals surface area contributed by atoms with Crippen molar-refractivity contribution in [1.82, 2.24) is 15.5 Å². The van der Waals surface area contributed by atoms with E-state index in [9.17, 15) is 0 Å². The van der Waals surface area contributed by atoms with E-state index in [1.807, 2.05) is 24.3 Å². The van der Waals surface area contributed by atoms with E-state index in [0.29, 0.717) is 0 Å². The van der Waals surface area contributed by atoms with Crippen LogP contribution in [0.1, 0.15) is 19.0 Å². The first-order valence-corrected chi connectivity index (χ1v) is 7.20. The monoisotopic (exact) mass is 273 g/mol. The van der Waals surface area contributed by atoms with Crippen LogP contribution in [0.15, 0.2) is 34.9 Å². The second kappa shape index (κ2) is 5.50. The zero-order chi connectivity index (χ0) is 13.1. The standard InChI is InChI=1S/C14H15N3OS/c1-2-7-15-9-10-8-12(18-17-10)14-16-11-5-3-4-6-13(11)19-14/h3-6,8,15H,2,7,9H2,1H3. The maximum Gasteiger partial charge on any atom is 0.195 e. The van der Waals surface area contributed by atoms with Crippen LogP contribution in [0.5, 0.6) is 0 Å². The van der Waals surface area contributed by atoms with Crippen molar-refractivity contribution in [2.75, 3.05) is 6.54 Å². The minimum Gasteiger partial charge on any atom is -0.353 e. The van der Waals surface area contributed by atoms with Gasteiger partial charge in [-0.25, -0.2) is 4.98 Å². The first-order valence-electron chi connectivity index (χ1n) is 6.39. The predicted molar refractivity (Wildman–Crippen MR) is 77.1 cm³/mol. The molecule has 0 aliphatic rings. The lowest BCUT2D eigenvalue weighted by atomic mass is 10.3. The summed E-state index contributed by atoms with van der Waals surface area (Å²) in [5, 5.41) is 8.25. The summed E-state index contributed by atoms with van der Waals surface area (Å²) in [4.78, 5) is 4.56. The summed E-state index contributed by atoms with van der Waals surface area (Å²) in [6.45, 7) is 3.87. The topological polar surface area (TPSA) is 51.0 Å². The average Bonchev–Trinajstić information content (AvgIpc) is 3.04. The smallest absolute Gasteiger partial charge is 0.195 e. The largest absolute Gasteiger partial charge is 0.353 e. The number of fused-ring (bicyclic) bond motifs is 1. The highest BCUT2D eigenvalue weighted by Gasteiger charge is 2.11. The molecule has 19 heavy (non-hydrogen) atoms. The lowest BCUT2D eigenvalue weighted by Crippen LogP contribution is -2.13. The summed E-state index contributed by atoms with van der Waals surface area (Å²) in [6.07, 6.45) is 1.11. The molecule has 0 radical (unpaired) electrons. The molecule has 0 atom stereocenters. The number of nitrogens with zero attached hydrogens (tertiary/aromatic N) is 2. The van der Waals surface area contributed by atoms with Crippen molar-refractivity contribution >= 4 is 21.6 Å². The summed E-state index contributed by atoms with van der Waals surface area (Å²) in [5.41, 5.74) is 1.92. The van der Waals surface area contributed by atoms with Crippen molar-refractivity contribution < 1.29 is 4.52 Å². The van der Waals surface area contributed by atoms with E-state index in [1.54, 1.807) is 11.3 Å². The quantitative estimate of drug-likeness (QED) is 0.723. The number of hydrogen-bond acceptors (Lipinski definition) is 5. The predicted octanol–water partition coefficient (Wildman–Crippen LogP) is 3.45. The summed E-state index contributed by atoms with van der Waals surface area (Å²) >= 11 is 1.63. The molecule has 0 bridgehead atoms. The van der Waals surface area contributed by atoms with Crippen LogP contribution < -0.4 is 5.32 Å². The highest BCUT2D eigenvalue weighted by molar-refractivity contribution is 7.21. The number of rotatable bonds is 5. The van der Waals surface area contributed by atoms with Gasteiger partial charge in [-0.15, -0.1) is 11.3 Å². The van der Waals surface area contributed by atoms with E-state index in [2.05, 4.69) is 28.4 Å². The zero-order valence-electron chi connectivity index (χ0n) is 10.7. The van der Waals surface area contributed by atoms with E-state index in [0.717, 1.165) is 41.5 Å². The SMILES string of the molecule is CCCNCc1cc(-c2nc3ccccc3s2)on1. The molecule has 1 N–H and O–H groups in total. The van der Waals surface area contributed by atoms with E-state index in [-0.39, 0.29) is 0 Å². The molecule has 5 heteroatoms. The van der Waals surface area contributed by atoms with E-state index >= 15 is 0 Å². The Morgan fingerprint density at radius 1 is 1.32 bits per heavy atom. The lowest BCUT2D eigenvalue weighted by molar-refractivity contribution is 0.420. The molecule has 0 spiro atoms. The Balaban J connectivity index is 1.81. The number of nitrogens with one attached hydrogen (secondary N) is 1. The van der Waals surface area contributed by atoms with Crippen molar-refractivity contribution in [1.29, 1.82) is 0 Å². The van der Waals surface area contributed by atoms with Gasteiger partial charge in [0, 0.05) is 12.6 Å². The number of para-hydroxylation sites is 1. The summed E-state index contributed by atoms with van der Waals surface area (Å²) in [7, 11) is 0. The molecule has 0 aliphatic heterocycles. The third kappa shape index (κ3) is 2.67. The van der Waals surface area contributed by atoms with Gasteiger partial charge in [-0.05, 0) is 25.1 Å². The van der Waals surface area contributed by atoms with E-state index in [1.165, 1.54) is 4.70 Å². The van der Waals surface area contributed by atoms with Gasteiger partial charge >= 0.3 is 0 Å². The maximum atomic E-state index is 5.37. The molecule has 2 aromatic heterocycles. The zero-order valence-corrected chi connectivity index (χ0v) is 11.5. The van der Waals surface area contributed by atoms with E-state index in [4.69, 9.17) is 4.52 Å². The van der Waals surface area contributed by atoms with Crippen molar-refractivity contribution in [2.45, 2.75) is 19.9 Å². The number of benzene rings is 1. The Morgan fingerprint density at radius 2 is 2.21 bits per heavy atom. The van der Waals surface area contributed by atoms with Gasteiger partial charge in [-0.3, -0.25) is 0 Å². The highest BCUT2D eigenvalue weighted by atomic mass is 32.1. The number of aromatic nitrogens is 2. The second-order valence-corrected chi connectivity index (χ2v) is 5.38. The van der Waals surface area contributed by atoms with Gasteiger partial charge in [0.05, 0.1) is 15.9 Å². The second-order valence-electron chi connectivity index (χ2n) is 4.35. The summed E-state index contributed by atoms with van der Waals surface area (Å²) < 4.78 is 6.54. The molecule has 3 rings (SSSR count). The minimum absolute atomic E-state index is 0.738. The van der Waals surface area contributed by atoms with Crippen LogP contribution in [0.4, 0.5) is 0 Å². The van der Waals surface area contributed by atoms with Crippen LogP contribution in [-0.4, -0.2) is 16.7 Å². The van der Waals surface area contributed by atoms with Gasteiger partial charge in [-0.1, -0.05) is 24.2 Å². The van der Waals surface area contributed by atoms with Gasteiger partial charge in [0.1, 0.15) is 0 Å². The van der Waals surface area contributed by atoms with Crippen LogP contribution in [0.25, 0.3) is 21.0 Å². The molecular formula is C14H15N3OS. The molecule has 0 unspecified atom stereocenters. The molecule has 4 nitrogen and oxygen atoms in total. The van der Waals surface area contributed by atoms with Crippen molar-refractivity contribution in [2.24, 2.45) is 0 Å². The molecule has 1 aromatic carbocycles. The van der Waals surface area contributed by atoms with E-state index < -0.39 is 0 Å². The third-order valence-electron chi connectivity index (χ3n) is 2.80.